The molecular formula is C15H25N3O2S. The number of hydrogen-bond acceptors (Lipinski definition) is 6. The maximum absolute atomic E-state index is 6.60. The molecule has 1 aromatic heterocycles. The standard InChI is InChI=1S/C15H25N3O2S/c1-14(2,3)13-12(21-18-17-13)11(16)10-4-6-20-15(8-10)5-7-19-9-15/h10-11H,4-9,16H2,1-3H3. The maximum atomic E-state index is 6.60. The van der Waals surface area contributed by atoms with Gasteiger partial charge in [0.15, 0.2) is 0 Å². The summed E-state index contributed by atoms with van der Waals surface area (Å²) in [5.41, 5.74) is 7.53. The Labute approximate surface area is 130 Å². The SMILES string of the molecule is CC(C)(C)c1nnsc1C(N)C1CCOC2(CCOC2)C1. The van der Waals surface area contributed by atoms with Crippen molar-refractivity contribution in [2.45, 2.75) is 57.1 Å². The van der Waals surface area contributed by atoms with Crippen LogP contribution in [0, 0.1) is 5.92 Å². The Kier molecular flexibility index (Phi) is 4.07. The van der Waals surface area contributed by atoms with Crippen LogP contribution in [0.3, 0.4) is 0 Å². The largest absolute Gasteiger partial charge is 0.378 e. The van der Waals surface area contributed by atoms with Gasteiger partial charge in [-0.1, -0.05) is 25.3 Å². The summed E-state index contributed by atoms with van der Waals surface area (Å²) in [6.07, 6.45) is 2.98. The molecule has 0 amide bonds. The lowest BCUT2D eigenvalue weighted by Crippen LogP contribution is -2.43. The molecule has 3 rings (SSSR count). The second-order valence-electron chi connectivity index (χ2n) is 7.35. The second-order valence-corrected chi connectivity index (χ2v) is 8.13. The van der Waals surface area contributed by atoms with Crippen LogP contribution >= 0.6 is 11.5 Å². The zero-order valence-corrected chi connectivity index (χ0v) is 13.9. The van der Waals surface area contributed by atoms with Gasteiger partial charge in [0.05, 0.1) is 22.8 Å². The van der Waals surface area contributed by atoms with Crippen molar-refractivity contribution >= 4 is 11.5 Å². The van der Waals surface area contributed by atoms with Gasteiger partial charge in [0, 0.05) is 31.1 Å². The molecule has 2 saturated heterocycles. The van der Waals surface area contributed by atoms with Crippen molar-refractivity contribution in [2.75, 3.05) is 19.8 Å². The lowest BCUT2D eigenvalue weighted by molar-refractivity contribution is -0.101. The number of hydrogen-bond donors (Lipinski definition) is 1. The number of ether oxygens (including phenoxy) is 2. The fraction of sp³-hybridized carbons (Fsp3) is 0.867. The minimum Gasteiger partial charge on any atom is -0.378 e. The summed E-state index contributed by atoms with van der Waals surface area (Å²) in [7, 11) is 0. The summed E-state index contributed by atoms with van der Waals surface area (Å²) in [6.45, 7) is 8.78. The van der Waals surface area contributed by atoms with Crippen LogP contribution in [0.2, 0.25) is 0 Å². The van der Waals surface area contributed by atoms with Crippen molar-refractivity contribution < 1.29 is 9.47 Å². The Bertz CT molecular complexity index is 491. The van der Waals surface area contributed by atoms with Gasteiger partial charge in [-0.15, -0.1) is 5.10 Å². The number of nitrogens with two attached hydrogens (primary N) is 1. The molecule has 5 nitrogen and oxygen atoms in total. The Balaban J connectivity index is 1.79. The molecule has 2 N–H and O–H groups in total. The Morgan fingerprint density at radius 3 is 2.86 bits per heavy atom. The molecule has 3 atom stereocenters. The molecule has 1 aromatic rings. The van der Waals surface area contributed by atoms with E-state index >= 15 is 0 Å². The van der Waals surface area contributed by atoms with E-state index in [0.717, 1.165) is 43.0 Å². The third-order valence-corrected chi connectivity index (χ3v) is 5.46. The smallest absolute Gasteiger partial charge is 0.0940 e. The maximum Gasteiger partial charge on any atom is 0.0940 e. The van der Waals surface area contributed by atoms with Crippen molar-refractivity contribution in [3.63, 3.8) is 0 Å². The van der Waals surface area contributed by atoms with Crippen molar-refractivity contribution in [3.05, 3.63) is 10.6 Å². The fourth-order valence-corrected chi connectivity index (χ4v) is 4.34. The van der Waals surface area contributed by atoms with Crippen LogP contribution in [0.4, 0.5) is 0 Å². The van der Waals surface area contributed by atoms with Gasteiger partial charge in [0.2, 0.25) is 0 Å². The van der Waals surface area contributed by atoms with Crippen LogP contribution in [0.1, 0.15) is 56.6 Å². The van der Waals surface area contributed by atoms with E-state index in [4.69, 9.17) is 15.2 Å². The van der Waals surface area contributed by atoms with Gasteiger partial charge in [-0.05, 0) is 30.3 Å². The first-order valence-electron chi connectivity index (χ1n) is 7.71. The molecule has 1 spiro atoms. The zero-order chi connectivity index (χ0) is 15.1. The predicted octanol–water partition coefficient (Wildman–Crippen LogP) is 2.42. The number of nitrogens with zero attached hydrogens (tertiary/aromatic N) is 2. The molecule has 0 radical (unpaired) electrons. The first-order chi connectivity index (χ1) is 9.91. The van der Waals surface area contributed by atoms with Gasteiger partial charge in [0.1, 0.15) is 0 Å². The highest BCUT2D eigenvalue weighted by Gasteiger charge is 2.43. The minimum atomic E-state index is -0.0967. The highest BCUT2D eigenvalue weighted by Crippen LogP contribution is 2.42. The molecule has 6 heteroatoms. The molecule has 2 fully saturated rings. The summed E-state index contributed by atoms with van der Waals surface area (Å²) in [6, 6.07) is 0.000556. The Morgan fingerprint density at radius 1 is 1.38 bits per heavy atom. The van der Waals surface area contributed by atoms with Crippen LogP contribution in [0.5, 0.6) is 0 Å². The van der Waals surface area contributed by atoms with E-state index in [9.17, 15) is 0 Å². The second kappa shape index (κ2) is 5.57. The van der Waals surface area contributed by atoms with Crippen LogP contribution in [-0.2, 0) is 14.9 Å². The Hall–Kier alpha value is -0.560. The molecule has 0 saturated carbocycles. The summed E-state index contributed by atoms with van der Waals surface area (Å²) in [4.78, 5) is 1.14. The van der Waals surface area contributed by atoms with Gasteiger partial charge in [-0.25, -0.2) is 0 Å². The molecule has 118 valence electrons. The highest BCUT2D eigenvalue weighted by molar-refractivity contribution is 7.05. The van der Waals surface area contributed by atoms with Gasteiger partial charge >= 0.3 is 0 Å². The van der Waals surface area contributed by atoms with Crippen molar-refractivity contribution in [1.29, 1.82) is 0 Å². The molecule has 0 aliphatic carbocycles. The third kappa shape index (κ3) is 2.99. The molecule has 21 heavy (non-hydrogen) atoms. The first kappa shape index (κ1) is 15.3. The fourth-order valence-electron chi connectivity index (χ4n) is 3.39. The average molecular weight is 311 g/mol. The van der Waals surface area contributed by atoms with Gasteiger partial charge < -0.3 is 15.2 Å². The van der Waals surface area contributed by atoms with Gasteiger partial charge in [0.25, 0.3) is 0 Å². The third-order valence-electron chi connectivity index (χ3n) is 4.63. The predicted molar refractivity (Wildman–Crippen MR) is 82.4 cm³/mol. The van der Waals surface area contributed by atoms with Crippen molar-refractivity contribution in [3.8, 4) is 0 Å². The van der Waals surface area contributed by atoms with E-state index in [1.54, 1.807) is 0 Å². The van der Waals surface area contributed by atoms with Crippen LogP contribution < -0.4 is 5.73 Å². The van der Waals surface area contributed by atoms with Crippen molar-refractivity contribution in [2.24, 2.45) is 11.7 Å². The van der Waals surface area contributed by atoms with Crippen LogP contribution in [0.15, 0.2) is 0 Å². The average Bonchev–Trinajstić information content (AvgIpc) is 3.07. The molecule has 2 aliphatic rings. The molecule has 0 aromatic carbocycles. The summed E-state index contributed by atoms with van der Waals surface area (Å²) in [5.74, 6) is 0.420. The van der Waals surface area contributed by atoms with Gasteiger partial charge in [-0.2, -0.15) is 0 Å². The summed E-state index contributed by atoms with van der Waals surface area (Å²) in [5, 5.41) is 4.32. The molecular weight excluding hydrogens is 286 g/mol. The molecule has 2 aliphatic heterocycles. The topological polar surface area (TPSA) is 70.3 Å². The van der Waals surface area contributed by atoms with E-state index in [0.29, 0.717) is 12.5 Å². The molecule has 3 unspecified atom stereocenters. The monoisotopic (exact) mass is 311 g/mol. The lowest BCUT2D eigenvalue weighted by Gasteiger charge is -2.39. The number of rotatable bonds is 2. The number of aromatic nitrogens is 2. The normalized spacial score (nSPS) is 31.7. The van der Waals surface area contributed by atoms with Gasteiger partial charge in [-0.3, -0.25) is 0 Å². The highest BCUT2D eigenvalue weighted by atomic mass is 32.1. The first-order valence-corrected chi connectivity index (χ1v) is 8.49. The van der Waals surface area contributed by atoms with Crippen molar-refractivity contribution in [1.82, 2.24) is 9.59 Å². The summed E-state index contributed by atoms with van der Waals surface area (Å²) < 4.78 is 15.7. The lowest BCUT2D eigenvalue weighted by atomic mass is 9.79. The van der Waals surface area contributed by atoms with E-state index in [1.807, 2.05) is 0 Å². The van der Waals surface area contributed by atoms with E-state index < -0.39 is 0 Å². The Morgan fingerprint density at radius 2 is 2.19 bits per heavy atom. The molecule has 3 heterocycles. The summed E-state index contributed by atoms with van der Waals surface area (Å²) >= 11 is 1.45. The van der Waals surface area contributed by atoms with Crippen LogP contribution in [0.25, 0.3) is 0 Å². The van der Waals surface area contributed by atoms with E-state index in [-0.39, 0.29) is 17.1 Å². The van der Waals surface area contributed by atoms with Crippen LogP contribution in [-0.4, -0.2) is 35.0 Å². The zero-order valence-electron chi connectivity index (χ0n) is 13.1. The minimum absolute atomic E-state index is 0.000556. The molecule has 0 bridgehead atoms. The van der Waals surface area contributed by atoms with E-state index in [2.05, 4.69) is 30.4 Å². The quantitative estimate of drug-likeness (QED) is 0.908. The van der Waals surface area contributed by atoms with E-state index in [1.165, 1.54) is 11.5 Å².